The van der Waals surface area contributed by atoms with Crippen LogP contribution in [0, 0.1) is 5.41 Å². The molecule has 0 aliphatic rings. The van der Waals surface area contributed by atoms with Crippen LogP contribution >= 0.6 is 0 Å². The fourth-order valence-electron chi connectivity index (χ4n) is 0.777. The molecule has 0 fully saturated rings. The summed E-state index contributed by atoms with van der Waals surface area (Å²) in [5.41, 5.74) is 0.491. The van der Waals surface area contributed by atoms with Crippen molar-refractivity contribution < 1.29 is 9.53 Å². The average molecular weight is 212 g/mol. The maximum Gasteiger partial charge on any atom is 0.410 e. The van der Waals surface area contributed by atoms with E-state index in [4.69, 9.17) is 10.1 Å². The Morgan fingerprint density at radius 3 is 2.27 bits per heavy atom. The number of carbonyl (C=O) groups is 1. The maximum atomic E-state index is 11.5. The van der Waals surface area contributed by atoms with Gasteiger partial charge >= 0.3 is 6.09 Å². The van der Waals surface area contributed by atoms with Crippen LogP contribution in [0.25, 0.3) is 0 Å². The van der Waals surface area contributed by atoms with Crippen LogP contribution < -0.4 is 0 Å². The summed E-state index contributed by atoms with van der Waals surface area (Å²) < 4.78 is 5.14. The number of rotatable bonds is 3. The number of nitrogens with one attached hydrogen (secondary N) is 1. The van der Waals surface area contributed by atoms with Crippen LogP contribution in [0.2, 0.25) is 0 Å². The van der Waals surface area contributed by atoms with Gasteiger partial charge in [0.15, 0.2) is 0 Å². The Kier molecular flexibility index (Phi) is 4.52. The van der Waals surface area contributed by atoms with Crippen molar-refractivity contribution in [1.29, 1.82) is 5.41 Å². The van der Waals surface area contributed by atoms with E-state index in [1.165, 1.54) is 4.90 Å². The van der Waals surface area contributed by atoms with Crippen molar-refractivity contribution in [2.24, 2.45) is 0 Å². The van der Waals surface area contributed by atoms with E-state index in [-0.39, 0.29) is 6.54 Å². The second-order valence-electron chi connectivity index (χ2n) is 4.60. The van der Waals surface area contributed by atoms with Gasteiger partial charge in [-0.25, -0.2) is 4.79 Å². The highest BCUT2D eigenvalue weighted by atomic mass is 16.6. The van der Waals surface area contributed by atoms with Crippen molar-refractivity contribution in [3.63, 3.8) is 0 Å². The first-order valence-electron chi connectivity index (χ1n) is 4.81. The van der Waals surface area contributed by atoms with Crippen LogP contribution in [0.4, 0.5) is 4.79 Å². The summed E-state index contributed by atoms with van der Waals surface area (Å²) in [6.45, 7) is 11.0. The standard InChI is InChI=1S/C11H20N2O2/c1-8(2)9(12)7-13(6)10(14)15-11(3,4)5/h12H,1,7H2,2-6H3. The van der Waals surface area contributed by atoms with E-state index in [0.29, 0.717) is 11.3 Å². The zero-order valence-electron chi connectivity index (χ0n) is 10.2. The Morgan fingerprint density at radius 1 is 1.47 bits per heavy atom. The monoisotopic (exact) mass is 212 g/mol. The highest BCUT2D eigenvalue weighted by molar-refractivity contribution is 5.99. The third-order valence-corrected chi connectivity index (χ3v) is 1.62. The van der Waals surface area contributed by atoms with E-state index in [9.17, 15) is 4.79 Å². The lowest BCUT2D eigenvalue weighted by molar-refractivity contribution is 0.0324. The molecule has 0 atom stereocenters. The van der Waals surface area contributed by atoms with Crippen LogP contribution in [-0.4, -0.2) is 35.9 Å². The van der Waals surface area contributed by atoms with Crippen LogP contribution in [0.3, 0.4) is 0 Å². The lowest BCUT2D eigenvalue weighted by atomic mass is 10.2. The molecule has 0 saturated carbocycles. The average Bonchev–Trinajstić information content (AvgIpc) is 2.00. The number of nitrogens with zero attached hydrogens (tertiary/aromatic N) is 1. The zero-order chi connectivity index (χ0) is 12.2. The van der Waals surface area contributed by atoms with Gasteiger partial charge in [-0.2, -0.15) is 0 Å². The van der Waals surface area contributed by atoms with Gasteiger partial charge in [-0.1, -0.05) is 6.58 Å². The minimum Gasteiger partial charge on any atom is -0.444 e. The van der Waals surface area contributed by atoms with Crippen molar-refractivity contribution in [3.8, 4) is 0 Å². The molecule has 4 nitrogen and oxygen atoms in total. The summed E-state index contributed by atoms with van der Waals surface area (Å²) in [4.78, 5) is 12.9. The minimum absolute atomic E-state index is 0.226. The third-order valence-electron chi connectivity index (χ3n) is 1.62. The van der Waals surface area contributed by atoms with Crippen LogP contribution in [0.15, 0.2) is 12.2 Å². The van der Waals surface area contributed by atoms with Crippen molar-refractivity contribution in [2.75, 3.05) is 13.6 Å². The molecule has 0 saturated heterocycles. The quantitative estimate of drug-likeness (QED) is 0.730. The van der Waals surface area contributed by atoms with Gasteiger partial charge in [-0.3, -0.25) is 0 Å². The number of hydrogen-bond acceptors (Lipinski definition) is 3. The van der Waals surface area contributed by atoms with Gasteiger partial charge in [0, 0.05) is 7.05 Å². The second kappa shape index (κ2) is 4.96. The minimum atomic E-state index is -0.503. The normalized spacial score (nSPS) is 10.7. The van der Waals surface area contributed by atoms with Gasteiger partial charge < -0.3 is 15.0 Å². The predicted molar refractivity (Wildman–Crippen MR) is 61.4 cm³/mol. The highest BCUT2D eigenvalue weighted by Gasteiger charge is 2.20. The number of amides is 1. The first-order chi connectivity index (χ1) is 6.63. The molecule has 0 aromatic heterocycles. The van der Waals surface area contributed by atoms with Gasteiger partial charge in [0.25, 0.3) is 0 Å². The van der Waals surface area contributed by atoms with Gasteiger partial charge in [-0.15, -0.1) is 0 Å². The smallest absolute Gasteiger partial charge is 0.410 e. The Labute approximate surface area is 91.4 Å². The lowest BCUT2D eigenvalue weighted by Gasteiger charge is -2.24. The molecular formula is C11H20N2O2. The molecule has 0 aliphatic heterocycles. The Morgan fingerprint density at radius 2 is 1.93 bits per heavy atom. The molecule has 0 bridgehead atoms. The highest BCUT2D eigenvalue weighted by Crippen LogP contribution is 2.09. The molecule has 0 aliphatic carbocycles. The van der Waals surface area contributed by atoms with Gasteiger partial charge in [0.05, 0.1) is 12.3 Å². The molecule has 0 aromatic carbocycles. The van der Waals surface area contributed by atoms with Crippen LogP contribution in [0.1, 0.15) is 27.7 Å². The van der Waals surface area contributed by atoms with Crippen molar-refractivity contribution in [2.45, 2.75) is 33.3 Å². The molecule has 1 amide bonds. The van der Waals surface area contributed by atoms with Gasteiger partial charge in [0.1, 0.15) is 5.60 Å². The largest absolute Gasteiger partial charge is 0.444 e. The number of hydrogen-bond donors (Lipinski definition) is 1. The molecular weight excluding hydrogens is 192 g/mol. The number of carbonyl (C=O) groups excluding carboxylic acids is 1. The summed E-state index contributed by atoms with van der Waals surface area (Å²) in [7, 11) is 1.60. The van der Waals surface area contributed by atoms with Crippen LogP contribution in [0.5, 0.6) is 0 Å². The molecule has 0 spiro atoms. The topological polar surface area (TPSA) is 53.4 Å². The van der Waals surface area contributed by atoms with Crippen molar-refractivity contribution in [1.82, 2.24) is 4.90 Å². The van der Waals surface area contributed by atoms with E-state index in [1.54, 1.807) is 14.0 Å². The Bertz CT molecular complexity index is 277. The molecule has 1 N–H and O–H groups in total. The summed E-state index contributed by atoms with van der Waals surface area (Å²) in [6.07, 6.45) is -0.423. The molecule has 0 unspecified atom stereocenters. The fourth-order valence-corrected chi connectivity index (χ4v) is 0.777. The van der Waals surface area contributed by atoms with E-state index in [2.05, 4.69) is 6.58 Å². The van der Waals surface area contributed by atoms with Crippen molar-refractivity contribution >= 4 is 11.8 Å². The van der Waals surface area contributed by atoms with E-state index >= 15 is 0 Å². The zero-order valence-corrected chi connectivity index (χ0v) is 10.2. The third kappa shape index (κ3) is 5.88. The molecule has 0 radical (unpaired) electrons. The van der Waals surface area contributed by atoms with Gasteiger partial charge in [0.2, 0.25) is 0 Å². The summed E-state index contributed by atoms with van der Waals surface area (Å²) in [5.74, 6) is 0. The fraction of sp³-hybridized carbons (Fsp3) is 0.636. The summed E-state index contributed by atoms with van der Waals surface area (Å²) in [6, 6.07) is 0. The maximum absolute atomic E-state index is 11.5. The van der Waals surface area contributed by atoms with E-state index < -0.39 is 11.7 Å². The lowest BCUT2D eigenvalue weighted by Crippen LogP contribution is -2.37. The molecule has 0 heterocycles. The molecule has 15 heavy (non-hydrogen) atoms. The number of ether oxygens (including phenoxy) is 1. The van der Waals surface area contributed by atoms with Gasteiger partial charge in [-0.05, 0) is 33.3 Å². The second-order valence-corrected chi connectivity index (χ2v) is 4.60. The summed E-state index contributed by atoms with van der Waals surface area (Å²) in [5, 5.41) is 7.55. The van der Waals surface area contributed by atoms with Crippen LogP contribution in [-0.2, 0) is 4.74 Å². The van der Waals surface area contributed by atoms with Crippen molar-refractivity contribution in [3.05, 3.63) is 12.2 Å². The van der Waals surface area contributed by atoms with E-state index in [1.807, 2.05) is 20.8 Å². The molecule has 0 rings (SSSR count). The molecule has 86 valence electrons. The predicted octanol–water partition coefficient (Wildman–Crippen LogP) is 2.45. The molecule has 0 aromatic rings. The Balaban J connectivity index is 4.23. The Hall–Kier alpha value is -1.32. The first kappa shape index (κ1) is 13.7. The molecule has 4 heteroatoms. The summed E-state index contributed by atoms with van der Waals surface area (Å²) >= 11 is 0. The first-order valence-corrected chi connectivity index (χ1v) is 4.81. The SMILES string of the molecule is C=C(C)C(=N)CN(C)C(=O)OC(C)(C)C. The van der Waals surface area contributed by atoms with E-state index in [0.717, 1.165) is 0 Å².